The van der Waals surface area contributed by atoms with Crippen LogP contribution in [-0.2, 0) is 7.05 Å². The van der Waals surface area contributed by atoms with Crippen LogP contribution in [0.1, 0.15) is 35.6 Å². The van der Waals surface area contributed by atoms with Crippen molar-refractivity contribution in [1.82, 2.24) is 30.3 Å². The number of nitrogens with one attached hydrogen (secondary N) is 2. The zero-order chi connectivity index (χ0) is 17.6. The lowest BCUT2D eigenvalue weighted by Gasteiger charge is -2.28. The van der Waals surface area contributed by atoms with Crippen LogP contribution in [0.2, 0.25) is 0 Å². The normalized spacial score (nSPS) is 14.4. The highest BCUT2D eigenvalue weighted by molar-refractivity contribution is 5.91. The molecule has 1 amide bonds. The quantitative estimate of drug-likeness (QED) is 0.746. The highest BCUT2D eigenvalue weighted by Crippen LogP contribution is 2.20. The van der Waals surface area contributed by atoms with Gasteiger partial charge in [0.1, 0.15) is 17.5 Å². The van der Waals surface area contributed by atoms with E-state index >= 15 is 0 Å². The van der Waals surface area contributed by atoms with Crippen molar-refractivity contribution in [3.63, 3.8) is 0 Å². The van der Waals surface area contributed by atoms with Crippen molar-refractivity contribution in [3.05, 3.63) is 23.8 Å². The van der Waals surface area contributed by atoms with E-state index in [0.29, 0.717) is 18.8 Å². The predicted octanol–water partition coefficient (Wildman–Crippen LogP) is 0.746. The number of carbonyl (C=O) groups is 1. The third kappa shape index (κ3) is 4.65. The monoisotopic (exact) mass is 344 g/mol. The van der Waals surface area contributed by atoms with E-state index in [1.165, 1.54) is 23.9 Å². The largest absolute Gasteiger partial charge is 0.368 e. The van der Waals surface area contributed by atoms with Gasteiger partial charge in [0.2, 0.25) is 0 Å². The van der Waals surface area contributed by atoms with Crippen molar-refractivity contribution in [2.45, 2.75) is 26.2 Å². The van der Waals surface area contributed by atoms with Crippen LogP contribution in [0.4, 0.5) is 11.6 Å². The molecule has 0 aromatic carbocycles. The number of aromatic nitrogens is 5. The number of nitrogens with zero attached hydrogens (tertiary/aromatic N) is 6. The molecule has 1 aliphatic heterocycles. The van der Waals surface area contributed by atoms with Crippen LogP contribution in [-0.4, -0.2) is 57.0 Å². The molecule has 0 radical (unpaired) electrons. The van der Waals surface area contributed by atoms with Gasteiger partial charge in [0.25, 0.3) is 5.91 Å². The van der Waals surface area contributed by atoms with Crippen LogP contribution in [0.25, 0.3) is 0 Å². The Morgan fingerprint density at radius 3 is 2.72 bits per heavy atom. The number of aryl methyl sites for hydroxylation is 2. The zero-order valence-electron chi connectivity index (χ0n) is 14.7. The second-order valence-electron chi connectivity index (χ2n) is 6.17. The first-order chi connectivity index (χ1) is 12.1. The third-order valence-corrected chi connectivity index (χ3v) is 4.06. The fourth-order valence-corrected chi connectivity index (χ4v) is 2.84. The average Bonchev–Trinajstić information content (AvgIpc) is 3.05. The van der Waals surface area contributed by atoms with Gasteiger partial charge >= 0.3 is 0 Å². The number of hydrogen-bond donors (Lipinski definition) is 2. The van der Waals surface area contributed by atoms with E-state index in [4.69, 9.17) is 0 Å². The molecule has 134 valence electrons. The van der Waals surface area contributed by atoms with E-state index in [1.54, 1.807) is 13.2 Å². The second kappa shape index (κ2) is 7.91. The van der Waals surface area contributed by atoms with Gasteiger partial charge in [0.05, 0.1) is 6.20 Å². The van der Waals surface area contributed by atoms with Crippen LogP contribution in [0.3, 0.4) is 0 Å². The second-order valence-corrected chi connectivity index (χ2v) is 6.17. The fourth-order valence-electron chi connectivity index (χ4n) is 2.84. The molecule has 2 aromatic rings. The van der Waals surface area contributed by atoms with E-state index in [9.17, 15) is 4.79 Å². The van der Waals surface area contributed by atoms with E-state index in [2.05, 4.69) is 35.8 Å². The Labute approximate surface area is 146 Å². The van der Waals surface area contributed by atoms with E-state index in [1.807, 2.05) is 13.0 Å². The topological polar surface area (TPSA) is 101 Å². The van der Waals surface area contributed by atoms with Gasteiger partial charge in [0.15, 0.2) is 5.69 Å². The molecule has 9 nitrogen and oxygen atoms in total. The summed E-state index contributed by atoms with van der Waals surface area (Å²) < 4.78 is 1.50. The molecule has 9 heteroatoms. The van der Waals surface area contributed by atoms with Crippen LogP contribution in [0.5, 0.6) is 0 Å². The summed E-state index contributed by atoms with van der Waals surface area (Å²) in [5.74, 6) is 2.26. The molecule has 2 aromatic heterocycles. The summed E-state index contributed by atoms with van der Waals surface area (Å²) in [6, 6.07) is 1.98. The molecule has 1 aliphatic rings. The molecule has 2 N–H and O–H groups in total. The molecule has 1 fully saturated rings. The third-order valence-electron chi connectivity index (χ3n) is 4.06. The van der Waals surface area contributed by atoms with Gasteiger partial charge < -0.3 is 15.5 Å². The molecule has 3 heterocycles. The van der Waals surface area contributed by atoms with Crippen LogP contribution in [0, 0.1) is 6.92 Å². The molecule has 25 heavy (non-hydrogen) atoms. The minimum atomic E-state index is -0.234. The summed E-state index contributed by atoms with van der Waals surface area (Å²) in [5, 5.41) is 13.6. The summed E-state index contributed by atoms with van der Waals surface area (Å²) in [6.45, 7) is 5.03. The summed E-state index contributed by atoms with van der Waals surface area (Å²) in [7, 11) is 1.72. The van der Waals surface area contributed by atoms with E-state index < -0.39 is 0 Å². The maximum absolute atomic E-state index is 11.9. The first-order valence-electron chi connectivity index (χ1n) is 8.61. The van der Waals surface area contributed by atoms with Crippen molar-refractivity contribution in [2.75, 3.05) is 36.4 Å². The Hall–Kier alpha value is -2.71. The SMILES string of the molecule is Cc1nc(NCCNC(=O)c2cn(C)nn2)cc(N2CCCCC2)n1. The van der Waals surface area contributed by atoms with Crippen molar-refractivity contribution in [2.24, 2.45) is 7.05 Å². The Bertz CT molecular complexity index is 723. The number of rotatable bonds is 6. The van der Waals surface area contributed by atoms with Crippen molar-refractivity contribution in [3.8, 4) is 0 Å². The van der Waals surface area contributed by atoms with Gasteiger partial charge in [-0.15, -0.1) is 5.10 Å². The smallest absolute Gasteiger partial charge is 0.273 e. The first-order valence-corrected chi connectivity index (χ1v) is 8.61. The average molecular weight is 344 g/mol. The lowest BCUT2D eigenvalue weighted by molar-refractivity contribution is 0.0950. The Morgan fingerprint density at radius 2 is 2.00 bits per heavy atom. The summed E-state index contributed by atoms with van der Waals surface area (Å²) in [6.07, 6.45) is 5.29. The summed E-state index contributed by atoms with van der Waals surface area (Å²) in [5.41, 5.74) is 0.313. The van der Waals surface area contributed by atoms with Crippen molar-refractivity contribution in [1.29, 1.82) is 0 Å². The van der Waals surface area contributed by atoms with Crippen molar-refractivity contribution < 1.29 is 4.79 Å². The molecule has 0 aliphatic carbocycles. The lowest BCUT2D eigenvalue weighted by atomic mass is 10.1. The molecular weight excluding hydrogens is 320 g/mol. The number of hydrogen-bond acceptors (Lipinski definition) is 7. The standard InChI is InChI=1S/C16H24N8O/c1-12-19-14(10-15(20-12)24-8-4-3-5-9-24)17-6-7-18-16(25)13-11-23(2)22-21-13/h10-11H,3-9H2,1-2H3,(H,18,25)(H,17,19,20). The summed E-state index contributed by atoms with van der Waals surface area (Å²) in [4.78, 5) is 23.2. The maximum Gasteiger partial charge on any atom is 0.273 e. The zero-order valence-corrected chi connectivity index (χ0v) is 14.7. The molecular formula is C16H24N8O. The van der Waals surface area contributed by atoms with Crippen LogP contribution >= 0.6 is 0 Å². The van der Waals surface area contributed by atoms with Gasteiger partial charge in [-0.3, -0.25) is 9.48 Å². The number of carbonyl (C=O) groups excluding carboxylic acids is 1. The number of amides is 1. The van der Waals surface area contributed by atoms with Crippen molar-refractivity contribution >= 4 is 17.5 Å². The van der Waals surface area contributed by atoms with Crippen LogP contribution in [0.15, 0.2) is 12.3 Å². The Morgan fingerprint density at radius 1 is 1.20 bits per heavy atom. The Kier molecular flexibility index (Phi) is 5.42. The molecule has 0 spiro atoms. The molecule has 0 saturated carbocycles. The minimum absolute atomic E-state index is 0.234. The molecule has 3 rings (SSSR count). The molecule has 0 unspecified atom stereocenters. The highest BCUT2D eigenvalue weighted by Gasteiger charge is 2.14. The van der Waals surface area contributed by atoms with Gasteiger partial charge in [-0.2, -0.15) is 0 Å². The van der Waals surface area contributed by atoms with E-state index in [-0.39, 0.29) is 5.91 Å². The van der Waals surface area contributed by atoms with Gasteiger partial charge in [-0.1, -0.05) is 5.21 Å². The summed E-state index contributed by atoms with van der Waals surface area (Å²) >= 11 is 0. The first kappa shape index (κ1) is 17.1. The van der Waals surface area contributed by atoms with Crippen LogP contribution < -0.4 is 15.5 Å². The molecule has 0 bridgehead atoms. The lowest BCUT2D eigenvalue weighted by Crippen LogP contribution is -2.31. The van der Waals surface area contributed by atoms with Gasteiger partial charge in [-0.05, 0) is 26.2 Å². The fraction of sp³-hybridized carbons (Fsp3) is 0.562. The maximum atomic E-state index is 11.9. The molecule has 0 atom stereocenters. The van der Waals surface area contributed by atoms with Gasteiger partial charge in [-0.25, -0.2) is 9.97 Å². The molecule has 1 saturated heterocycles. The number of piperidine rings is 1. The Balaban J connectivity index is 1.51. The van der Waals surface area contributed by atoms with Gasteiger partial charge in [0, 0.05) is 39.3 Å². The van der Waals surface area contributed by atoms with E-state index in [0.717, 1.165) is 30.5 Å². The predicted molar refractivity (Wildman–Crippen MR) is 94.7 cm³/mol. The minimum Gasteiger partial charge on any atom is -0.368 e. The number of anilines is 2. The highest BCUT2D eigenvalue weighted by atomic mass is 16.2.